The number of nitrogens with one attached hydrogen (secondary N) is 1. The molecule has 1 aromatic carbocycles. The molecule has 31 heavy (non-hydrogen) atoms. The van der Waals surface area contributed by atoms with Crippen molar-refractivity contribution in [3.05, 3.63) is 29.8 Å². The lowest BCUT2D eigenvalue weighted by Gasteiger charge is -2.10. The lowest BCUT2D eigenvalue weighted by Crippen LogP contribution is -2.33. The number of sulfone groups is 1. The Balaban J connectivity index is 2.45. The second kappa shape index (κ2) is 12.4. The minimum atomic E-state index is -6.17. The van der Waals surface area contributed by atoms with E-state index in [-0.39, 0.29) is 0 Å². The van der Waals surface area contributed by atoms with Gasteiger partial charge in [-0.25, -0.2) is 8.42 Å². The number of hydrogen-bond acceptors (Lipinski definition) is 6. The van der Waals surface area contributed by atoms with Gasteiger partial charge in [-0.2, -0.15) is 21.6 Å². The zero-order chi connectivity index (χ0) is 23.5. The molecule has 0 unspecified atom stereocenters. The van der Waals surface area contributed by atoms with Crippen LogP contribution in [0.25, 0.3) is 0 Å². The van der Waals surface area contributed by atoms with Crippen molar-refractivity contribution in [2.24, 2.45) is 0 Å². The number of hydrogen-bond donors (Lipinski definition) is 1. The topological polar surface area (TPSA) is 101 Å². The summed E-state index contributed by atoms with van der Waals surface area (Å²) in [7, 11) is -11.0. The summed E-state index contributed by atoms with van der Waals surface area (Å²) in [4.78, 5) is -0.526. The molecular weight excluding hydrogens is 455 g/mol. The molecule has 0 aromatic heterocycles. The van der Waals surface area contributed by atoms with Crippen LogP contribution in [0.1, 0.15) is 76.7 Å². The Hall–Kier alpha value is -1.62. The van der Waals surface area contributed by atoms with Gasteiger partial charge < -0.3 is 4.18 Å². The fourth-order valence-electron chi connectivity index (χ4n) is 2.94. The van der Waals surface area contributed by atoms with Gasteiger partial charge in [0.2, 0.25) is 0 Å². The first-order valence-electron chi connectivity index (χ1n) is 10.3. The van der Waals surface area contributed by atoms with Gasteiger partial charge in [0.15, 0.2) is 0 Å². The number of benzene rings is 1. The van der Waals surface area contributed by atoms with E-state index in [0.29, 0.717) is 0 Å². The molecule has 0 aliphatic rings. The molecule has 1 aromatic rings. The molecule has 0 spiro atoms. The van der Waals surface area contributed by atoms with Crippen molar-refractivity contribution in [1.29, 1.82) is 5.41 Å². The number of halogens is 3. The number of unbranched alkanes of at least 4 members (excludes halogenated alkanes) is 9. The van der Waals surface area contributed by atoms with Crippen LogP contribution >= 0.6 is 0 Å². The SMILES string of the molecule is CCCCCCCCCCCCc1ccc(S(=O)(=O)OC(=N)S(=O)(=O)C(F)(F)F)cc1. The van der Waals surface area contributed by atoms with Gasteiger partial charge in [0.05, 0.1) is 0 Å². The van der Waals surface area contributed by atoms with Gasteiger partial charge in [-0.15, -0.1) is 0 Å². The highest BCUT2D eigenvalue weighted by molar-refractivity contribution is 8.07. The molecule has 0 radical (unpaired) electrons. The van der Waals surface area contributed by atoms with E-state index in [9.17, 15) is 30.0 Å². The van der Waals surface area contributed by atoms with Crippen molar-refractivity contribution in [2.75, 3.05) is 0 Å². The van der Waals surface area contributed by atoms with Crippen LogP contribution in [0.3, 0.4) is 0 Å². The van der Waals surface area contributed by atoms with E-state index in [1.54, 1.807) is 0 Å². The molecule has 0 saturated carbocycles. The van der Waals surface area contributed by atoms with Crippen LogP contribution in [0.2, 0.25) is 0 Å². The summed E-state index contributed by atoms with van der Waals surface area (Å²) in [5.74, 6) is 0. The van der Waals surface area contributed by atoms with Crippen molar-refractivity contribution < 1.29 is 34.2 Å². The summed E-state index contributed by atoms with van der Waals surface area (Å²) in [5, 5.41) is 4.51. The van der Waals surface area contributed by atoms with Crippen LogP contribution in [-0.4, -0.2) is 27.6 Å². The average molecular weight is 486 g/mol. The summed E-state index contributed by atoms with van der Waals surface area (Å²) in [5.41, 5.74) is -4.98. The standard InChI is InChI=1S/C20H30F3NO5S2/c1-2-3-4-5-6-7-8-9-10-11-12-17-13-15-18(16-14-17)31(27,28)29-19(24)30(25,26)20(21,22)23/h13-16,24H,2-12H2,1H3. The van der Waals surface area contributed by atoms with Gasteiger partial charge in [0, 0.05) is 0 Å². The molecule has 1 N–H and O–H groups in total. The maximum absolute atomic E-state index is 12.4. The van der Waals surface area contributed by atoms with Crippen molar-refractivity contribution in [2.45, 2.75) is 88.0 Å². The molecule has 11 heteroatoms. The Kier molecular flexibility index (Phi) is 11.0. The first kappa shape index (κ1) is 27.4. The van der Waals surface area contributed by atoms with E-state index in [0.717, 1.165) is 43.4 Å². The highest BCUT2D eigenvalue weighted by atomic mass is 32.2. The Morgan fingerprint density at radius 3 is 1.74 bits per heavy atom. The lowest BCUT2D eigenvalue weighted by molar-refractivity contribution is -0.0420. The van der Waals surface area contributed by atoms with Gasteiger partial charge in [-0.3, -0.25) is 5.41 Å². The average Bonchev–Trinajstić information content (AvgIpc) is 2.68. The molecule has 178 valence electrons. The van der Waals surface area contributed by atoms with E-state index in [2.05, 4.69) is 11.1 Å². The number of rotatable bonds is 13. The fourth-order valence-corrected chi connectivity index (χ4v) is 4.54. The third-order valence-electron chi connectivity index (χ3n) is 4.77. The van der Waals surface area contributed by atoms with Gasteiger partial charge >= 0.3 is 30.7 Å². The third-order valence-corrected chi connectivity index (χ3v) is 7.29. The molecular formula is C20H30F3NO5S2. The normalized spacial score (nSPS) is 12.6. The Morgan fingerprint density at radius 2 is 1.29 bits per heavy atom. The molecule has 0 amide bonds. The van der Waals surface area contributed by atoms with Gasteiger partial charge in [0.25, 0.3) is 0 Å². The van der Waals surface area contributed by atoms with Crippen molar-refractivity contribution >= 4 is 25.2 Å². The number of alkyl halides is 3. The molecule has 0 saturated heterocycles. The monoisotopic (exact) mass is 485 g/mol. The van der Waals surface area contributed by atoms with Crippen molar-refractivity contribution in [1.82, 2.24) is 0 Å². The van der Waals surface area contributed by atoms with Crippen LogP contribution in [0, 0.1) is 5.41 Å². The molecule has 0 bridgehead atoms. The summed E-state index contributed by atoms with van der Waals surface area (Å²) < 4.78 is 87.1. The summed E-state index contributed by atoms with van der Waals surface area (Å²) in [6, 6.07) is 5.22. The predicted octanol–water partition coefficient (Wildman–Crippen LogP) is 5.72. The second-order valence-corrected chi connectivity index (χ2v) is 10.7. The van der Waals surface area contributed by atoms with Crippen LogP contribution in [0.4, 0.5) is 13.2 Å². The van der Waals surface area contributed by atoms with E-state index in [1.807, 2.05) is 0 Å². The summed E-state index contributed by atoms with van der Waals surface area (Å²) in [6.07, 6.45) is 12.6. The molecule has 0 aliphatic carbocycles. The number of aryl methyl sites for hydroxylation is 1. The Morgan fingerprint density at radius 1 is 0.839 bits per heavy atom. The van der Waals surface area contributed by atoms with Gasteiger partial charge in [0.1, 0.15) is 4.90 Å². The van der Waals surface area contributed by atoms with Crippen LogP contribution in [0.5, 0.6) is 0 Å². The quantitative estimate of drug-likeness (QED) is 0.167. The van der Waals surface area contributed by atoms with Gasteiger partial charge in [-0.05, 0) is 30.5 Å². The van der Waals surface area contributed by atoms with E-state index >= 15 is 0 Å². The Bertz CT molecular complexity index is 896. The molecule has 0 aliphatic heterocycles. The summed E-state index contributed by atoms with van der Waals surface area (Å²) >= 11 is 0. The van der Waals surface area contributed by atoms with Crippen molar-refractivity contribution in [3.63, 3.8) is 0 Å². The second-order valence-electron chi connectivity index (χ2n) is 7.35. The molecule has 1 rings (SSSR count). The first-order chi connectivity index (χ1) is 14.4. The fraction of sp³-hybridized carbons (Fsp3) is 0.650. The third kappa shape index (κ3) is 9.18. The van der Waals surface area contributed by atoms with Crippen LogP contribution in [-0.2, 0) is 30.6 Å². The predicted molar refractivity (Wildman–Crippen MR) is 113 cm³/mol. The zero-order valence-corrected chi connectivity index (χ0v) is 19.2. The molecule has 0 heterocycles. The molecule has 6 nitrogen and oxygen atoms in total. The largest absolute Gasteiger partial charge is 0.506 e. The molecule has 0 fully saturated rings. The highest BCUT2D eigenvalue weighted by Crippen LogP contribution is 2.26. The van der Waals surface area contributed by atoms with E-state index < -0.39 is 35.6 Å². The highest BCUT2D eigenvalue weighted by Gasteiger charge is 2.51. The van der Waals surface area contributed by atoms with E-state index in [1.165, 1.54) is 57.1 Å². The molecule has 0 atom stereocenters. The maximum Gasteiger partial charge on any atom is 0.506 e. The first-order valence-corrected chi connectivity index (χ1v) is 13.2. The summed E-state index contributed by atoms with van der Waals surface area (Å²) in [6.45, 7) is 2.19. The van der Waals surface area contributed by atoms with Gasteiger partial charge in [-0.1, -0.05) is 76.8 Å². The lowest BCUT2D eigenvalue weighted by atomic mass is 10.0. The van der Waals surface area contributed by atoms with E-state index in [4.69, 9.17) is 5.41 Å². The van der Waals surface area contributed by atoms with Crippen LogP contribution < -0.4 is 0 Å². The minimum Gasteiger partial charge on any atom is -0.347 e. The maximum atomic E-state index is 12.4. The zero-order valence-electron chi connectivity index (χ0n) is 17.6. The van der Waals surface area contributed by atoms with Crippen LogP contribution in [0.15, 0.2) is 29.2 Å². The minimum absolute atomic E-state index is 0.526. The smallest absolute Gasteiger partial charge is 0.347 e. The Labute approximate surface area is 182 Å². The van der Waals surface area contributed by atoms with Crippen molar-refractivity contribution in [3.8, 4) is 0 Å².